The largest absolute Gasteiger partial charge is 0.314 e. The summed E-state index contributed by atoms with van der Waals surface area (Å²) in [4.78, 5) is 7.22. The summed E-state index contributed by atoms with van der Waals surface area (Å²) in [5.41, 5.74) is 3.50. The fourth-order valence-electron chi connectivity index (χ4n) is 2.49. The van der Waals surface area contributed by atoms with Gasteiger partial charge in [0, 0.05) is 31.9 Å². The molecule has 2 rings (SSSR count). The van der Waals surface area contributed by atoms with E-state index in [1.807, 2.05) is 0 Å². The van der Waals surface area contributed by atoms with Crippen molar-refractivity contribution in [2.24, 2.45) is 0 Å². The second-order valence-corrected chi connectivity index (χ2v) is 5.17. The number of piperazine rings is 1. The number of pyridine rings is 1. The van der Waals surface area contributed by atoms with Crippen molar-refractivity contribution in [1.29, 1.82) is 0 Å². The van der Waals surface area contributed by atoms with Crippen molar-refractivity contribution in [3.8, 4) is 0 Å². The first-order chi connectivity index (χ1) is 8.66. The fourth-order valence-corrected chi connectivity index (χ4v) is 2.49. The van der Waals surface area contributed by atoms with Crippen LogP contribution >= 0.6 is 24.8 Å². The number of aromatic nitrogens is 1. The Labute approximate surface area is 134 Å². The molecule has 5 heteroatoms. The third-order valence-corrected chi connectivity index (χ3v) is 3.39. The molecule has 1 aromatic rings. The lowest BCUT2D eigenvalue weighted by molar-refractivity contribution is 0.169. The van der Waals surface area contributed by atoms with Crippen LogP contribution in [0.25, 0.3) is 0 Å². The fraction of sp³-hybridized carbons (Fsp3) is 0.533. The predicted molar refractivity (Wildman–Crippen MR) is 90.1 cm³/mol. The molecule has 1 N–H and O–H groups in total. The Morgan fingerprint density at radius 3 is 2.55 bits per heavy atom. The van der Waals surface area contributed by atoms with Crippen LogP contribution < -0.4 is 5.32 Å². The van der Waals surface area contributed by atoms with Crippen LogP contribution in [0, 0.1) is 6.92 Å². The summed E-state index contributed by atoms with van der Waals surface area (Å²) in [5, 5.41) is 3.40. The minimum Gasteiger partial charge on any atom is -0.314 e. The van der Waals surface area contributed by atoms with Gasteiger partial charge in [0.2, 0.25) is 0 Å². The highest BCUT2D eigenvalue weighted by molar-refractivity contribution is 5.85. The van der Waals surface area contributed by atoms with Gasteiger partial charge in [-0.25, -0.2) is 0 Å². The zero-order valence-corrected chi connectivity index (χ0v) is 13.9. The summed E-state index contributed by atoms with van der Waals surface area (Å²) >= 11 is 0. The van der Waals surface area contributed by atoms with Gasteiger partial charge < -0.3 is 5.32 Å². The molecule has 0 aliphatic carbocycles. The highest BCUT2D eigenvalue weighted by Crippen LogP contribution is 2.26. The van der Waals surface area contributed by atoms with Gasteiger partial charge in [0.15, 0.2) is 0 Å². The zero-order chi connectivity index (χ0) is 13.0. The average Bonchev–Trinajstić information content (AvgIpc) is 2.37. The van der Waals surface area contributed by atoms with Gasteiger partial charge in [-0.05, 0) is 32.4 Å². The SMILES string of the molecule is C=C(C)C[C@H](c1cccc(C)n1)N1CCNCC1.Cl.Cl. The van der Waals surface area contributed by atoms with Gasteiger partial charge in [0.05, 0.1) is 11.7 Å². The number of hydrogen-bond donors (Lipinski definition) is 1. The molecule has 1 saturated heterocycles. The van der Waals surface area contributed by atoms with E-state index in [1.165, 1.54) is 11.3 Å². The first kappa shape index (κ1) is 19.4. The lowest BCUT2D eigenvalue weighted by atomic mass is 10.0. The molecule has 1 aliphatic rings. The monoisotopic (exact) mass is 317 g/mol. The number of aryl methyl sites for hydroxylation is 1. The highest BCUT2D eigenvalue weighted by atomic mass is 35.5. The van der Waals surface area contributed by atoms with E-state index in [1.54, 1.807) is 0 Å². The lowest BCUT2D eigenvalue weighted by Crippen LogP contribution is -2.45. The zero-order valence-electron chi connectivity index (χ0n) is 12.3. The van der Waals surface area contributed by atoms with Crippen molar-refractivity contribution in [3.63, 3.8) is 0 Å². The molecule has 3 nitrogen and oxygen atoms in total. The van der Waals surface area contributed by atoms with Gasteiger partial charge in [-0.1, -0.05) is 11.6 Å². The standard InChI is InChI=1S/C15H23N3.2ClH/c1-12(2)11-15(18-9-7-16-8-10-18)14-6-4-5-13(3)17-14;;/h4-6,15-16H,1,7-11H2,2-3H3;2*1H/t15-;;/m1../s1. The topological polar surface area (TPSA) is 28.2 Å². The van der Waals surface area contributed by atoms with E-state index in [0.29, 0.717) is 6.04 Å². The van der Waals surface area contributed by atoms with Crippen LogP contribution in [-0.2, 0) is 0 Å². The maximum atomic E-state index is 4.70. The Balaban J connectivity index is 0.00000180. The van der Waals surface area contributed by atoms with Gasteiger partial charge in [-0.2, -0.15) is 0 Å². The third kappa shape index (κ3) is 5.41. The number of nitrogens with one attached hydrogen (secondary N) is 1. The van der Waals surface area contributed by atoms with Crippen molar-refractivity contribution in [1.82, 2.24) is 15.2 Å². The van der Waals surface area contributed by atoms with Crippen LogP contribution in [0.5, 0.6) is 0 Å². The second kappa shape index (κ2) is 9.35. The smallest absolute Gasteiger partial charge is 0.0581 e. The predicted octanol–water partition coefficient (Wildman–Crippen LogP) is 3.15. The minimum absolute atomic E-state index is 0. The van der Waals surface area contributed by atoms with Crippen molar-refractivity contribution in [2.75, 3.05) is 26.2 Å². The Kier molecular flexibility index (Phi) is 9.06. The van der Waals surface area contributed by atoms with Crippen LogP contribution in [0.3, 0.4) is 0 Å². The Hall–Kier alpha value is -0.610. The summed E-state index contributed by atoms with van der Waals surface area (Å²) in [5.74, 6) is 0. The maximum Gasteiger partial charge on any atom is 0.0581 e. The molecule has 1 fully saturated rings. The van der Waals surface area contributed by atoms with Crippen molar-refractivity contribution < 1.29 is 0 Å². The molecule has 1 aliphatic heterocycles. The molecule has 1 aromatic heterocycles. The first-order valence-electron chi connectivity index (χ1n) is 6.69. The summed E-state index contributed by atoms with van der Waals surface area (Å²) in [6.07, 6.45) is 0.996. The van der Waals surface area contributed by atoms with Gasteiger partial charge in [0.1, 0.15) is 0 Å². The van der Waals surface area contributed by atoms with Crippen molar-refractivity contribution >= 4 is 24.8 Å². The van der Waals surface area contributed by atoms with Crippen LogP contribution in [0.15, 0.2) is 30.4 Å². The summed E-state index contributed by atoms with van der Waals surface area (Å²) < 4.78 is 0. The van der Waals surface area contributed by atoms with E-state index in [4.69, 9.17) is 4.98 Å². The molecule has 0 radical (unpaired) electrons. The van der Waals surface area contributed by atoms with E-state index in [2.05, 4.69) is 48.8 Å². The molecule has 0 unspecified atom stereocenters. The van der Waals surface area contributed by atoms with Gasteiger partial charge in [-0.15, -0.1) is 31.4 Å². The maximum absolute atomic E-state index is 4.70. The van der Waals surface area contributed by atoms with Crippen LogP contribution in [0.4, 0.5) is 0 Å². The molecule has 20 heavy (non-hydrogen) atoms. The van der Waals surface area contributed by atoms with Crippen molar-refractivity contribution in [3.05, 3.63) is 41.7 Å². The van der Waals surface area contributed by atoms with E-state index in [-0.39, 0.29) is 24.8 Å². The molecule has 2 heterocycles. The molecular formula is C15H25Cl2N3. The number of nitrogens with zero attached hydrogens (tertiary/aromatic N) is 2. The Bertz CT molecular complexity index is 417. The van der Waals surface area contributed by atoms with Crippen LogP contribution in [-0.4, -0.2) is 36.1 Å². The minimum atomic E-state index is 0. The van der Waals surface area contributed by atoms with E-state index in [0.717, 1.165) is 38.3 Å². The molecule has 0 spiro atoms. The summed E-state index contributed by atoms with van der Waals surface area (Å²) in [6.45, 7) is 12.5. The Morgan fingerprint density at radius 1 is 1.35 bits per heavy atom. The molecule has 1 atom stereocenters. The summed E-state index contributed by atoms with van der Waals surface area (Å²) in [6, 6.07) is 6.68. The van der Waals surface area contributed by atoms with E-state index in [9.17, 15) is 0 Å². The van der Waals surface area contributed by atoms with Crippen molar-refractivity contribution in [2.45, 2.75) is 26.3 Å². The lowest BCUT2D eigenvalue weighted by Gasteiger charge is -2.35. The quantitative estimate of drug-likeness (QED) is 0.865. The van der Waals surface area contributed by atoms with Crippen LogP contribution in [0.2, 0.25) is 0 Å². The Morgan fingerprint density at radius 2 is 2.00 bits per heavy atom. The van der Waals surface area contributed by atoms with Gasteiger partial charge >= 0.3 is 0 Å². The molecule has 114 valence electrons. The highest BCUT2D eigenvalue weighted by Gasteiger charge is 2.23. The third-order valence-electron chi connectivity index (χ3n) is 3.39. The number of halogens is 2. The summed E-state index contributed by atoms with van der Waals surface area (Å²) in [7, 11) is 0. The normalized spacial score (nSPS) is 16.7. The number of hydrogen-bond acceptors (Lipinski definition) is 3. The molecule has 0 bridgehead atoms. The van der Waals surface area contributed by atoms with E-state index >= 15 is 0 Å². The molecule has 0 saturated carbocycles. The first-order valence-corrected chi connectivity index (χ1v) is 6.69. The van der Waals surface area contributed by atoms with Crippen LogP contribution in [0.1, 0.15) is 30.8 Å². The second-order valence-electron chi connectivity index (χ2n) is 5.17. The molecular weight excluding hydrogens is 293 g/mol. The van der Waals surface area contributed by atoms with Gasteiger partial charge in [0.25, 0.3) is 0 Å². The molecule has 0 aromatic carbocycles. The van der Waals surface area contributed by atoms with Gasteiger partial charge in [-0.3, -0.25) is 9.88 Å². The number of rotatable bonds is 4. The van der Waals surface area contributed by atoms with E-state index < -0.39 is 0 Å². The average molecular weight is 318 g/mol. The molecule has 0 amide bonds.